The number of benzene rings is 2. The van der Waals surface area contributed by atoms with E-state index in [4.69, 9.17) is 5.11 Å². The van der Waals surface area contributed by atoms with E-state index in [0.717, 1.165) is 9.79 Å². The van der Waals surface area contributed by atoms with Crippen molar-refractivity contribution in [2.45, 2.75) is 16.2 Å². The van der Waals surface area contributed by atoms with Crippen LogP contribution in [0.15, 0.2) is 58.3 Å². The molecule has 0 fully saturated rings. The normalized spacial score (nSPS) is 10.2. The van der Waals surface area contributed by atoms with E-state index in [1.165, 1.54) is 17.8 Å². The molecule has 0 saturated heterocycles. The Labute approximate surface area is 109 Å². The summed E-state index contributed by atoms with van der Waals surface area (Å²) in [5, 5.41) is 18.3. The molecule has 0 aliphatic heterocycles. The van der Waals surface area contributed by atoms with Gasteiger partial charge in [-0.3, -0.25) is 4.79 Å². The number of aromatic hydroxyl groups is 1. The van der Waals surface area contributed by atoms with E-state index in [-0.39, 0.29) is 12.2 Å². The highest BCUT2D eigenvalue weighted by Gasteiger charge is 2.08. The van der Waals surface area contributed by atoms with Gasteiger partial charge in [-0.15, -0.1) is 0 Å². The summed E-state index contributed by atoms with van der Waals surface area (Å²) in [5.74, 6) is -0.929. The van der Waals surface area contributed by atoms with Crippen LogP contribution < -0.4 is 0 Å². The number of phenolic OH excluding ortho intramolecular Hbond substituents is 1. The molecular formula is C14H12O3S. The molecule has 0 amide bonds. The highest BCUT2D eigenvalue weighted by atomic mass is 32.2. The van der Waals surface area contributed by atoms with Crippen LogP contribution in [0.3, 0.4) is 0 Å². The van der Waals surface area contributed by atoms with Crippen molar-refractivity contribution in [3.63, 3.8) is 0 Å². The fourth-order valence-corrected chi connectivity index (χ4v) is 2.46. The molecule has 0 spiro atoms. The van der Waals surface area contributed by atoms with Gasteiger partial charge in [-0.2, -0.15) is 0 Å². The fraction of sp³-hybridized carbons (Fsp3) is 0.0714. The van der Waals surface area contributed by atoms with Gasteiger partial charge in [0, 0.05) is 15.4 Å². The van der Waals surface area contributed by atoms with Gasteiger partial charge in [-0.05, 0) is 30.3 Å². The second-order valence-electron chi connectivity index (χ2n) is 3.78. The average molecular weight is 260 g/mol. The van der Waals surface area contributed by atoms with Gasteiger partial charge in [0.25, 0.3) is 0 Å². The summed E-state index contributed by atoms with van der Waals surface area (Å²) in [6.07, 6.45) is -0.172. The molecule has 2 N–H and O–H groups in total. The highest BCUT2D eigenvalue weighted by Crippen LogP contribution is 2.30. The van der Waals surface area contributed by atoms with Crippen molar-refractivity contribution in [2.75, 3.05) is 0 Å². The fourth-order valence-electron chi connectivity index (χ4n) is 1.55. The Kier molecular flexibility index (Phi) is 3.89. The van der Waals surface area contributed by atoms with Crippen molar-refractivity contribution >= 4 is 17.7 Å². The van der Waals surface area contributed by atoms with E-state index in [1.807, 2.05) is 30.3 Å². The van der Waals surface area contributed by atoms with Gasteiger partial charge < -0.3 is 10.2 Å². The molecule has 2 aromatic rings. The molecule has 0 bridgehead atoms. The molecule has 0 aromatic heterocycles. The maximum Gasteiger partial charge on any atom is 0.307 e. The number of carboxylic acids is 1. The molecule has 2 rings (SSSR count). The third-order valence-electron chi connectivity index (χ3n) is 2.37. The summed E-state index contributed by atoms with van der Waals surface area (Å²) in [7, 11) is 0. The molecule has 0 radical (unpaired) electrons. The van der Waals surface area contributed by atoms with Crippen LogP contribution in [0.1, 0.15) is 5.56 Å². The Balaban J connectivity index is 2.22. The molecule has 0 aliphatic carbocycles. The van der Waals surface area contributed by atoms with Crippen molar-refractivity contribution in [3.8, 4) is 5.75 Å². The Hall–Kier alpha value is -1.94. The highest BCUT2D eigenvalue weighted by molar-refractivity contribution is 7.99. The average Bonchev–Trinajstić information content (AvgIpc) is 2.34. The predicted molar refractivity (Wildman–Crippen MR) is 70.0 cm³/mol. The smallest absolute Gasteiger partial charge is 0.307 e. The number of phenols is 1. The first-order chi connectivity index (χ1) is 8.65. The maximum atomic E-state index is 10.7. The molecule has 0 unspecified atom stereocenters. The summed E-state index contributed by atoms with van der Waals surface area (Å²) >= 11 is 1.53. The lowest BCUT2D eigenvalue weighted by Gasteiger charge is -2.06. The number of carboxylic acid groups (broad SMARTS) is 1. The van der Waals surface area contributed by atoms with Crippen molar-refractivity contribution in [1.29, 1.82) is 0 Å². The van der Waals surface area contributed by atoms with E-state index in [2.05, 4.69) is 0 Å². The van der Waals surface area contributed by atoms with Gasteiger partial charge in [0.2, 0.25) is 0 Å². The van der Waals surface area contributed by atoms with E-state index in [1.54, 1.807) is 12.1 Å². The Bertz CT molecular complexity index is 552. The van der Waals surface area contributed by atoms with Gasteiger partial charge in [0.1, 0.15) is 5.75 Å². The molecule has 18 heavy (non-hydrogen) atoms. The van der Waals surface area contributed by atoms with E-state index in [0.29, 0.717) is 5.56 Å². The SMILES string of the molecule is O=C(O)Cc1cc(Sc2ccccc2)ccc1O. The van der Waals surface area contributed by atoms with Gasteiger partial charge >= 0.3 is 5.97 Å². The van der Waals surface area contributed by atoms with Crippen LogP contribution >= 0.6 is 11.8 Å². The van der Waals surface area contributed by atoms with Crippen molar-refractivity contribution in [3.05, 3.63) is 54.1 Å². The van der Waals surface area contributed by atoms with Crippen molar-refractivity contribution in [1.82, 2.24) is 0 Å². The number of hydrogen-bond acceptors (Lipinski definition) is 3. The Morgan fingerprint density at radius 3 is 2.44 bits per heavy atom. The van der Waals surface area contributed by atoms with Crippen LogP contribution in [0.25, 0.3) is 0 Å². The van der Waals surface area contributed by atoms with Crippen LogP contribution in [0.2, 0.25) is 0 Å². The third kappa shape index (κ3) is 3.28. The van der Waals surface area contributed by atoms with Crippen molar-refractivity contribution in [2.24, 2.45) is 0 Å². The molecular weight excluding hydrogens is 248 g/mol. The first-order valence-corrected chi connectivity index (χ1v) is 6.23. The topological polar surface area (TPSA) is 57.5 Å². The summed E-state index contributed by atoms with van der Waals surface area (Å²) in [4.78, 5) is 12.7. The lowest BCUT2D eigenvalue weighted by Crippen LogP contribution is -2.00. The van der Waals surface area contributed by atoms with Crippen LogP contribution in [-0.2, 0) is 11.2 Å². The lowest BCUT2D eigenvalue weighted by molar-refractivity contribution is -0.136. The van der Waals surface area contributed by atoms with E-state index < -0.39 is 5.97 Å². The van der Waals surface area contributed by atoms with Crippen LogP contribution in [0.4, 0.5) is 0 Å². The Morgan fingerprint density at radius 1 is 1.06 bits per heavy atom. The standard InChI is InChI=1S/C14H12O3S/c15-13-7-6-12(8-10(13)9-14(16)17)18-11-4-2-1-3-5-11/h1-8,15H,9H2,(H,16,17). The van der Waals surface area contributed by atoms with E-state index >= 15 is 0 Å². The predicted octanol–water partition coefficient (Wildman–Crippen LogP) is 3.17. The summed E-state index contributed by atoms with van der Waals surface area (Å²) in [5.41, 5.74) is 0.434. The monoisotopic (exact) mass is 260 g/mol. The van der Waals surface area contributed by atoms with Crippen molar-refractivity contribution < 1.29 is 15.0 Å². The zero-order valence-corrected chi connectivity index (χ0v) is 10.4. The quantitative estimate of drug-likeness (QED) is 0.886. The number of hydrogen-bond donors (Lipinski definition) is 2. The summed E-state index contributed by atoms with van der Waals surface area (Å²) in [6, 6.07) is 14.8. The molecule has 3 nitrogen and oxygen atoms in total. The van der Waals surface area contributed by atoms with Gasteiger partial charge in [-0.25, -0.2) is 0 Å². The zero-order valence-electron chi connectivity index (χ0n) is 9.54. The maximum absolute atomic E-state index is 10.7. The number of aliphatic carboxylic acids is 1. The van der Waals surface area contributed by atoms with Gasteiger partial charge in [0.15, 0.2) is 0 Å². The first-order valence-electron chi connectivity index (χ1n) is 5.42. The summed E-state index contributed by atoms with van der Waals surface area (Å²) < 4.78 is 0. The summed E-state index contributed by atoms with van der Waals surface area (Å²) in [6.45, 7) is 0. The van der Waals surface area contributed by atoms with Gasteiger partial charge in [-0.1, -0.05) is 30.0 Å². The molecule has 92 valence electrons. The minimum atomic E-state index is -0.952. The Morgan fingerprint density at radius 2 is 1.78 bits per heavy atom. The lowest BCUT2D eigenvalue weighted by atomic mass is 10.1. The van der Waals surface area contributed by atoms with Crippen LogP contribution in [-0.4, -0.2) is 16.2 Å². The molecule has 2 aromatic carbocycles. The largest absolute Gasteiger partial charge is 0.508 e. The molecule has 0 saturated carbocycles. The van der Waals surface area contributed by atoms with Crippen LogP contribution in [0, 0.1) is 0 Å². The molecule has 0 aliphatic rings. The van der Waals surface area contributed by atoms with Gasteiger partial charge in [0.05, 0.1) is 6.42 Å². The van der Waals surface area contributed by atoms with Crippen LogP contribution in [0.5, 0.6) is 5.75 Å². The number of carbonyl (C=O) groups is 1. The second-order valence-corrected chi connectivity index (χ2v) is 4.92. The number of rotatable bonds is 4. The minimum absolute atomic E-state index is 0.0230. The first kappa shape index (κ1) is 12.5. The minimum Gasteiger partial charge on any atom is -0.508 e. The molecule has 0 atom stereocenters. The zero-order chi connectivity index (χ0) is 13.0. The molecule has 0 heterocycles. The third-order valence-corrected chi connectivity index (χ3v) is 3.37. The second kappa shape index (κ2) is 5.60. The molecule has 4 heteroatoms. The van der Waals surface area contributed by atoms with E-state index in [9.17, 15) is 9.90 Å².